The van der Waals surface area contributed by atoms with Crippen molar-refractivity contribution in [3.8, 4) is 0 Å². The molecule has 0 spiro atoms. The van der Waals surface area contributed by atoms with Crippen LogP contribution in [-0.4, -0.2) is 81.1 Å². The van der Waals surface area contributed by atoms with Crippen LogP contribution in [0.15, 0.2) is 0 Å². The molecule has 0 aromatic carbocycles. The number of aliphatic hydroxyl groups excluding tert-OH is 4. The summed E-state index contributed by atoms with van der Waals surface area (Å²) in [5.74, 6) is 0.396. The summed E-state index contributed by atoms with van der Waals surface area (Å²) >= 11 is 0. The van der Waals surface area contributed by atoms with E-state index in [0.29, 0.717) is 41.2 Å². The van der Waals surface area contributed by atoms with Crippen molar-refractivity contribution in [1.29, 1.82) is 0 Å². The second-order valence-electron chi connectivity index (χ2n) is 24.0. The van der Waals surface area contributed by atoms with Crippen LogP contribution in [0.25, 0.3) is 0 Å². The van der Waals surface area contributed by atoms with E-state index in [4.69, 9.17) is 25.5 Å². The summed E-state index contributed by atoms with van der Waals surface area (Å²) < 4.78 is 0. The Bertz CT molecular complexity index is 1210. The number of hydrogen-bond donors (Lipinski definition) is 5. The van der Waals surface area contributed by atoms with Crippen molar-refractivity contribution in [2.24, 2.45) is 55.7 Å². The summed E-state index contributed by atoms with van der Waals surface area (Å²) in [6, 6.07) is 0. The molecule has 0 radical (unpaired) electrons. The molecule has 0 amide bonds. The molecule has 0 saturated heterocycles. The molecule has 4 atom stereocenters. The van der Waals surface area contributed by atoms with Crippen molar-refractivity contribution in [2.45, 2.75) is 224 Å². The van der Waals surface area contributed by atoms with Gasteiger partial charge in [-0.25, -0.2) is 0 Å². The third kappa shape index (κ3) is 43.3. The van der Waals surface area contributed by atoms with E-state index in [-0.39, 0.29) is 73.5 Å². The SMILES string of the molecule is C.CC(=O)C(C)CCC(C)(C)C.CC(=O)C(CO)(CO)CCC(C)(C)C.CC(=O)C(CO)CCC(C)(C)C.CC(=O)CCC(C)C(C)(C)C.CC(C)(C)CCC(C)(CO)C(=O)O. The van der Waals surface area contributed by atoms with Gasteiger partial charge in [0.2, 0.25) is 0 Å². The third-order valence-corrected chi connectivity index (χ3v) is 11.5. The summed E-state index contributed by atoms with van der Waals surface area (Å²) in [5.41, 5.74) is -0.723. The molecule has 0 aromatic rings. The van der Waals surface area contributed by atoms with E-state index < -0.39 is 16.8 Å². The van der Waals surface area contributed by atoms with E-state index in [0.717, 1.165) is 51.4 Å². The van der Waals surface area contributed by atoms with Gasteiger partial charge in [0, 0.05) is 18.3 Å². The van der Waals surface area contributed by atoms with Gasteiger partial charge in [-0.3, -0.25) is 19.2 Å². The highest BCUT2D eigenvalue weighted by Crippen LogP contribution is 2.32. The van der Waals surface area contributed by atoms with Crippen LogP contribution in [-0.2, 0) is 24.0 Å². The number of carboxylic acid groups (broad SMARTS) is 1. The predicted octanol–water partition coefficient (Wildman–Crippen LogP) is 12.0. The lowest BCUT2D eigenvalue weighted by atomic mass is 9.76. The Kier molecular flexibility index (Phi) is 37.7. The Hall–Kier alpha value is -2.01. The van der Waals surface area contributed by atoms with Gasteiger partial charge in [-0.2, -0.15) is 0 Å². The van der Waals surface area contributed by atoms with Gasteiger partial charge < -0.3 is 30.3 Å². The second kappa shape index (κ2) is 32.6. The van der Waals surface area contributed by atoms with Gasteiger partial charge in [-0.1, -0.05) is 125 Å². The van der Waals surface area contributed by atoms with Crippen molar-refractivity contribution in [1.82, 2.24) is 0 Å². The number of hydrogen-bond acceptors (Lipinski definition) is 9. The van der Waals surface area contributed by atoms with Crippen molar-refractivity contribution in [3.05, 3.63) is 0 Å². The molecule has 0 aromatic heterocycles. The van der Waals surface area contributed by atoms with Crippen molar-refractivity contribution in [3.63, 3.8) is 0 Å². The van der Waals surface area contributed by atoms with E-state index in [1.54, 1.807) is 27.7 Å². The first kappa shape index (κ1) is 71.6. The van der Waals surface area contributed by atoms with Gasteiger partial charge in [0.05, 0.1) is 37.3 Å². The number of aliphatic carboxylic acids is 1. The van der Waals surface area contributed by atoms with Gasteiger partial charge in [0.15, 0.2) is 0 Å². The first-order valence-corrected chi connectivity index (χ1v) is 22.7. The molecule has 0 aliphatic carbocycles. The van der Waals surface area contributed by atoms with E-state index in [1.165, 1.54) is 6.92 Å². The number of rotatable bonds is 19. The molecule has 0 heterocycles. The molecule has 5 N–H and O–H groups in total. The zero-order chi connectivity index (χ0) is 50.0. The standard InChI is InChI=1S/C11H22O3.C10H20O3.C10H20O2.2C10H20O.CH4/c1-9(14)11(7-12,8-13)6-5-10(2,3)4;1-9(2,3)5-6-10(4,7-11)8(12)13;1-8(12)9(7-11)5-6-10(2,3)4;1-8(9(2)11)6-7-10(3,4)5;1-8(10(3,4)5)6-7-9(2)11;/h12-13H,5-8H2,1-4H3;11H,5-7H2,1-4H3,(H,12,13);9,11H,5-7H2,1-4H3;2*8H,6-7H2,1-5H3;1H4. The molecule has 0 bridgehead atoms. The topological polar surface area (TPSA) is 186 Å². The lowest BCUT2D eigenvalue weighted by Crippen LogP contribution is -2.38. The second-order valence-corrected chi connectivity index (χ2v) is 24.0. The number of carbonyl (C=O) groups excluding carboxylic acids is 4. The summed E-state index contributed by atoms with van der Waals surface area (Å²) in [5, 5.41) is 45.0. The fourth-order valence-corrected chi connectivity index (χ4v) is 4.86. The van der Waals surface area contributed by atoms with Gasteiger partial charge in [0.1, 0.15) is 23.1 Å². The number of Topliss-reactive ketones (excluding diaryl/α,β-unsaturated/α-hetero) is 4. The lowest BCUT2D eigenvalue weighted by Gasteiger charge is -2.30. The lowest BCUT2D eigenvalue weighted by molar-refractivity contribution is -0.151. The van der Waals surface area contributed by atoms with Gasteiger partial charge in [0.25, 0.3) is 0 Å². The first-order chi connectivity index (χ1) is 27.0. The van der Waals surface area contributed by atoms with Gasteiger partial charge in [-0.15, -0.1) is 0 Å². The minimum atomic E-state index is -0.979. The van der Waals surface area contributed by atoms with E-state index >= 15 is 0 Å². The normalized spacial score (nSPS) is 14.4. The van der Waals surface area contributed by atoms with Gasteiger partial charge >= 0.3 is 5.97 Å². The molecular formula is C52H106O10. The quantitative estimate of drug-likeness (QED) is 0.0835. The first-order valence-electron chi connectivity index (χ1n) is 22.7. The smallest absolute Gasteiger partial charge is 0.311 e. The van der Waals surface area contributed by atoms with Crippen LogP contribution in [0.1, 0.15) is 224 Å². The summed E-state index contributed by atoms with van der Waals surface area (Å²) in [4.78, 5) is 54.6. The highest BCUT2D eigenvalue weighted by Gasteiger charge is 2.35. The van der Waals surface area contributed by atoms with Crippen molar-refractivity contribution in [2.75, 3.05) is 26.4 Å². The van der Waals surface area contributed by atoms with Gasteiger partial charge in [-0.05, 0) is 125 Å². The Morgan fingerprint density at radius 3 is 1.10 bits per heavy atom. The molecule has 10 nitrogen and oxygen atoms in total. The third-order valence-electron chi connectivity index (χ3n) is 11.5. The molecule has 0 rings (SSSR count). The molecule has 374 valence electrons. The zero-order valence-corrected chi connectivity index (χ0v) is 43.9. The molecular weight excluding hydrogens is 785 g/mol. The fraction of sp³-hybridized carbons (Fsp3) is 0.904. The Labute approximate surface area is 383 Å². The molecule has 0 fully saturated rings. The molecule has 62 heavy (non-hydrogen) atoms. The molecule has 4 unspecified atom stereocenters. The van der Waals surface area contributed by atoms with Crippen LogP contribution in [0.4, 0.5) is 0 Å². The van der Waals surface area contributed by atoms with Crippen molar-refractivity contribution >= 4 is 29.1 Å². The summed E-state index contributed by atoms with van der Waals surface area (Å²) in [6.45, 7) is 43.4. The number of aliphatic hydroxyl groups is 4. The largest absolute Gasteiger partial charge is 0.481 e. The number of carboxylic acids is 1. The highest BCUT2D eigenvalue weighted by atomic mass is 16.4. The maximum atomic E-state index is 11.3. The zero-order valence-electron chi connectivity index (χ0n) is 43.9. The molecule has 10 heteroatoms. The average molecular weight is 891 g/mol. The average Bonchev–Trinajstić information content (AvgIpc) is 3.08. The summed E-state index contributed by atoms with van der Waals surface area (Å²) in [7, 11) is 0. The predicted molar refractivity (Wildman–Crippen MR) is 261 cm³/mol. The monoisotopic (exact) mass is 891 g/mol. The van der Waals surface area contributed by atoms with Crippen LogP contribution in [0.2, 0.25) is 0 Å². The van der Waals surface area contributed by atoms with Crippen molar-refractivity contribution < 1.29 is 49.5 Å². The number of carbonyl (C=O) groups is 5. The van der Waals surface area contributed by atoms with E-state index in [2.05, 4.69) is 111 Å². The van der Waals surface area contributed by atoms with Crippen LogP contribution in [0, 0.1) is 55.7 Å². The minimum Gasteiger partial charge on any atom is -0.481 e. The Morgan fingerprint density at radius 2 is 0.855 bits per heavy atom. The van der Waals surface area contributed by atoms with Crippen LogP contribution < -0.4 is 0 Å². The van der Waals surface area contributed by atoms with E-state index in [1.807, 2.05) is 6.92 Å². The van der Waals surface area contributed by atoms with Crippen LogP contribution >= 0.6 is 0 Å². The fourth-order valence-electron chi connectivity index (χ4n) is 4.86. The maximum Gasteiger partial charge on any atom is 0.311 e. The number of ketones is 4. The summed E-state index contributed by atoms with van der Waals surface area (Å²) in [6.07, 6.45) is 8.38. The highest BCUT2D eigenvalue weighted by molar-refractivity contribution is 5.82. The van der Waals surface area contributed by atoms with Crippen LogP contribution in [0.3, 0.4) is 0 Å². The van der Waals surface area contributed by atoms with E-state index in [9.17, 15) is 24.0 Å². The van der Waals surface area contributed by atoms with Crippen LogP contribution in [0.5, 0.6) is 0 Å². The molecule has 0 saturated carbocycles. The molecule has 0 aliphatic rings. The maximum absolute atomic E-state index is 11.3. The Balaban J connectivity index is -0.000000158. The molecule has 0 aliphatic heterocycles. The minimum absolute atomic E-state index is 0. The Morgan fingerprint density at radius 1 is 0.484 bits per heavy atom.